The van der Waals surface area contributed by atoms with Gasteiger partial charge in [0.1, 0.15) is 0 Å². The first-order valence-corrected chi connectivity index (χ1v) is 8.98. The minimum Gasteiger partial charge on any atom is -0.347 e. The lowest BCUT2D eigenvalue weighted by Gasteiger charge is -2.37. The molecule has 0 radical (unpaired) electrons. The lowest BCUT2D eigenvalue weighted by atomic mass is 10.0. The van der Waals surface area contributed by atoms with E-state index in [1.807, 2.05) is 29.2 Å². The van der Waals surface area contributed by atoms with Gasteiger partial charge in [-0.3, -0.25) is 4.79 Å². The summed E-state index contributed by atoms with van der Waals surface area (Å²) >= 11 is 7.74. The molecule has 120 valence electrons. The number of rotatable bonds is 4. The highest BCUT2D eigenvalue weighted by Gasteiger charge is 2.40. The number of piperidine rings is 1. The molecule has 2 aliphatic heterocycles. The van der Waals surface area contributed by atoms with Gasteiger partial charge in [-0.1, -0.05) is 23.7 Å². The van der Waals surface area contributed by atoms with Crippen LogP contribution in [0.5, 0.6) is 0 Å². The predicted octanol–water partition coefficient (Wildman–Crippen LogP) is 3.19. The first kappa shape index (κ1) is 16.1. The Morgan fingerprint density at radius 2 is 1.91 bits per heavy atom. The van der Waals surface area contributed by atoms with Gasteiger partial charge >= 0.3 is 0 Å². The number of nitrogens with zero attached hydrogens (tertiary/aromatic N) is 1. The van der Waals surface area contributed by atoms with Crippen LogP contribution < -0.4 is 0 Å². The summed E-state index contributed by atoms with van der Waals surface area (Å²) in [7, 11) is 0. The molecule has 22 heavy (non-hydrogen) atoms. The molecule has 6 heteroatoms. The monoisotopic (exact) mass is 341 g/mol. The first-order chi connectivity index (χ1) is 10.7. The zero-order valence-corrected chi connectivity index (χ0v) is 14.0. The second-order valence-corrected chi connectivity index (χ2v) is 7.06. The van der Waals surface area contributed by atoms with Crippen LogP contribution in [0, 0.1) is 0 Å². The number of likely N-dealkylation sites (tertiary alicyclic amines) is 1. The van der Waals surface area contributed by atoms with E-state index in [9.17, 15) is 4.79 Å². The molecule has 2 aliphatic rings. The van der Waals surface area contributed by atoms with Crippen molar-refractivity contribution in [1.29, 1.82) is 0 Å². The number of amides is 1. The van der Waals surface area contributed by atoms with Crippen molar-refractivity contribution in [1.82, 2.24) is 4.90 Å². The van der Waals surface area contributed by atoms with E-state index in [0.29, 0.717) is 19.6 Å². The topological polar surface area (TPSA) is 38.8 Å². The molecule has 3 rings (SSSR count). The predicted molar refractivity (Wildman–Crippen MR) is 87.2 cm³/mol. The number of benzene rings is 1. The Morgan fingerprint density at radius 3 is 2.59 bits per heavy atom. The van der Waals surface area contributed by atoms with Crippen molar-refractivity contribution in [3.8, 4) is 0 Å². The summed E-state index contributed by atoms with van der Waals surface area (Å²) in [5.41, 5.74) is 0. The molecule has 0 N–H and O–H groups in total. The van der Waals surface area contributed by atoms with Gasteiger partial charge in [-0.05, 0) is 12.1 Å². The largest absolute Gasteiger partial charge is 0.347 e. The highest BCUT2D eigenvalue weighted by molar-refractivity contribution is 7.99. The molecule has 0 saturated carbocycles. The molecular weight excluding hydrogens is 322 g/mol. The van der Waals surface area contributed by atoms with E-state index in [1.165, 1.54) is 0 Å². The maximum Gasteiger partial charge on any atom is 0.223 e. The van der Waals surface area contributed by atoms with Crippen LogP contribution in [0.25, 0.3) is 0 Å². The fourth-order valence-corrected chi connectivity index (χ4v) is 4.03. The number of carbonyl (C=O) groups excluding carboxylic acids is 1. The van der Waals surface area contributed by atoms with Crippen LogP contribution in [-0.4, -0.2) is 48.7 Å². The zero-order chi connectivity index (χ0) is 15.4. The molecule has 1 spiro atoms. The van der Waals surface area contributed by atoms with Gasteiger partial charge < -0.3 is 14.4 Å². The molecule has 0 atom stereocenters. The fraction of sp³-hybridized carbons (Fsp3) is 0.562. The Morgan fingerprint density at radius 1 is 1.23 bits per heavy atom. The molecule has 1 aromatic carbocycles. The van der Waals surface area contributed by atoms with Crippen molar-refractivity contribution >= 4 is 29.3 Å². The summed E-state index contributed by atoms with van der Waals surface area (Å²) in [5.74, 6) is 0.535. The Balaban J connectivity index is 1.42. The van der Waals surface area contributed by atoms with Crippen molar-refractivity contribution < 1.29 is 14.3 Å². The van der Waals surface area contributed by atoms with Gasteiger partial charge in [0.2, 0.25) is 5.91 Å². The molecule has 2 fully saturated rings. The average molecular weight is 342 g/mol. The number of carbonyl (C=O) groups is 1. The van der Waals surface area contributed by atoms with E-state index in [2.05, 4.69) is 0 Å². The Labute approximate surface area is 140 Å². The van der Waals surface area contributed by atoms with Gasteiger partial charge in [-0.25, -0.2) is 0 Å². The second-order valence-electron chi connectivity index (χ2n) is 5.52. The third-order valence-electron chi connectivity index (χ3n) is 4.10. The Bertz CT molecular complexity index is 524. The van der Waals surface area contributed by atoms with Gasteiger partial charge in [0, 0.05) is 43.0 Å². The second kappa shape index (κ2) is 7.21. The summed E-state index contributed by atoms with van der Waals surface area (Å²) < 4.78 is 11.4. The molecular formula is C16H20ClNO3S. The molecule has 1 aromatic rings. The maximum atomic E-state index is 12.3. The normalized spacial score (nSPS) is 20.5. The Hall–Kier alpha value is -0.750. The summed E-state index contributed by atoms with van der Waals surface area (Å²) in [6, 6.07) is 7.73. The lowest BCUT2D eigenvalue weighted by Crippen LogP contribution is -2.47. The number of hydrogen-bond donors (Lipinski definition) is 0. The molecule has 0 bridgehead atoms. The highest BCUT2D eigenvalue weighted by atomic mass is 35.5. The Kier molecular flexibility index (Phi) is 5.29. The summed E-state index contributed by atoms with van der Waals surface area (Å²) in [5, 5.41) is 0.746. The van der Waals surface area contributed by atoms with Crippen LogP contribution >= 0.6 is 23.4 Å². The lowest BCUT2D eigenvalue weighted by molar-refractivity contribution is -0.187. The van der Waals surface area contributed by atoms with E-state index in [-0.39, 0.29) is 5.91 Å². The smallest absolute Gasteiger partial charge is 0.223 e. The van der Waals surface area contributed by atoms with Crippen LogP contribution in [-0.2, 0) is 14.3 Å². The minimum absolute atomic E-state index is 0.201. The molecule has 4 nitrogen and oxygen atoms in total. The van der Waals surface area contributed by atoms with E-state index in [4.69, 9.17) is 21.1 Å². The van der Waals surface area contributed by atoms with Gasteiger partial charge in [-0.15, -0.1) is 11.8 Å². The van der Waals surface area contributed by atoms with E-state index in [0.717, 1.165) is 41.6 Å². The number of thioether (sulfide) groups is 1. The number of hydrogen-bond acceptors (Lipinski definition) is 4. The first-order valence-electron chi connectivity index (χ1n) is 7.62. The molecule has 0 aliphatic carbocycles. The van der Waals surface area contributed by atoms with Crippen LogP contribution in [0.1, 0.15) is 19.3 Å². The van der Waals surface area contributed by atoms with E-state index < -0.39 is 5.79 Å². The van der Waals surface area contributed by atoms with Crippen molar-refractivity contribution in [3.05, 3.63) is 29.3 Å². The van der Waals surface area contributed by atoms with Gasteiger partial charge in [0.05, 0.1) is 18.2 Å². The van der Waals surface area contributed by atoms with Crippen molar-refractivity contribution in [3.63, 3.8) is 0 Å². The van der Waals surface area contributed by atoms with Crippen LogP contribution in [0.4, 0.5) is 0 Å². The summed E-state index contributed by atoms with van der Waals surface area (Å²) in [4.78, 5) is 15.2. The molecule has 0 unspecified atom stereocenters. The summed E-state index contributed by atoms with van der Waals surface area (Å²) in [6.45, 7) is 2.77. The fourth-order valence-electron chi connectivity index (χ4n) is 2.85. The average Bonchev–Trinajstić information content (AvgIpc) is 2.98. The van der Waals surface area contributed by atoms with Crippen molar-refractivity contribution in [2.75, 3.05) is 32.1 Å². The van der Waals surface area contributed by atoms with Crippen molar-refractivity contribution in [2.24, 2.45) is 0 Å². The third-order valence-corrected chi connectivity index (χ3v) is 5.62. The van der Waals surface area contributed by atoms with Gasteiger partial charge in [0.25, 0.3) is 0 Å². The van der Waals surface area contributed by atoms with Crippen LogP contribution in [0.3, 0.4) is 0 Å². The maximum absolute atomic E-state index is 12.3. The quantitative estimate of drug-likeness (QED) is 0.788. The highest BCUT2D eigenvalue weighted by Crippen LogP contribution is 2.32. The van der Waals surface area contributed by atoms with E-state index in [1.54, 1.807) is 11.8 Å². The number of ether oxygens (including phenoxy) is 2. The minimum atomic E-state index is -0.414. The summed E-state index contributed by atoms with van der Waals surface area (Å²) in [6.07, 6.45) is 2.08. The van der Waals surface area contributed by atoms with Crippen LogP contribution in [0.2, 0.25) is 5.02 Å². The number of halogens is 1. The van der Waals surface area contributed by atoms with Gasteiger partial charge in [0.15, 0.2) is 5.79 Å². The third kappa shape index (κ3) is 3.77. The SMILES string of the molecule is O=C(CCSc1ccccc1Cl)N1CCC2(CC1)OCCO2. The molecule has 0 aromatic heterocycles. The van der Waals surface area contributed by atoms with E-state index >= 15 is 0 Å². The molecule has 1 amide bonds. The zero-order valence-electron chi connectivity index (χ0n) is 12.4. The van der Waals surface area contributed by atoms with Crippen molar-refractivity contribution in [2.45, 2.75) is 29.9 Å². The van der Waals surface area contributed by atoms with Gasteiger partial charge in [-0.2, -0.15) is 0 Å². The van der Waals surface area contributed by atoms with Crippen LogP contribution in [0.15, 0.2) is 29.2 Å². The molecule has 2 heterocycles. The standard InChI is InChI=1S/C16H20ClNO3S/c17-13-3-1-2-4-14(13)22-12-5-15(19)18-8-6-16(7-9-18)20-10-11-21-16/h1-4H,5-12H2. The molecule has 2 saturated heterocycles.